The Hall–Kier alpha value is -2.89. The second-order valence-corrected chi connectivity index (χ2v) is 16.4. The van der Waals surface area contributed by atoms with Crippen molar-refractivity contribution in [2.24, 2.45) is 0 Å². The quantitative estimate of drug-likeness (QED) is 0.0263. The largest absolute Gasteiger partial charge is 0.462 e. The fourth-order valence-corrected chi connectivity index (χ4v) is 6.67. The number of rotatable bonds is 44. The van der Waals surface area contributed by atoms with Crippen LogP contribution in [0.25, 0.3) is 0 Å². The number of hydrogen-bond acceptors (Lipinski definition) is 6. The lowest BCUT2D eigenvalue weighted by molar-refractivity contribution is -0.167. The van der Waals surface area contributed by atoms with Crippen molar-refractivity contribution >= 4 is 17.9 Å². The minimum Gasteiger partial charge on any atom is -0.462 e. The molecular weight excluding hydrogens is 733 g/mol. The van der Waals surface area contributed by atoms with Gasteiger partial charge in [0, 0.05) is 19.3 Å². The summed E-state index contributed by atoms with van der Waals surface area (Å²) >= 11 is 0. The van der Waals surface area contributed by atoms with Gasteiger partial charge in [-0.05, 0) is 96.3 Å². The van der Waals surface area contributed by atoms with Crippen LogP contribution < -0.4 is 0 Å². The molecule has 0 aliphatic carbocycles. The van der Waals surface area contributed by atoms with E-state index in [0.29, 0.717) is 19.3 Å². The van der Waals surface area contributed by atoms with E-state index in [4.69, 9.17) is 14.2 Å². The van der Waals surface area contributed by atoms with E-state index in [2.05, 4.69) is 81.5 Å². The van der Waals surface area contributed by atoms with Crippen LogP contribution in [-0.4, -0.2) is 37.2 Å². The molecule has 1 atom stereocenters. The second-order valence-electron chi connectivity index (χ2n) is 16.4. The molecule has 0 aliphatic rings. The zero-order valence-electron chi connectivity index (χ0n) is 38.8. The third kappa shape index (κ3) is 46.0. The second kappa shape index (κ2) is 47.8. The van der Waals surface area contributed by atoms with E-state index in [0.717, 1.165) is 83.5 Å². The van der Waals surface area contributed by atoms with E-state index in [1.807, 2.05) is 0 Å². The first-order valence-electron chi connectivity index (χ1n) is 24.8. The van der Waals surface area contributed by atoms with Gasteiger partial charge in [-0.25, -0.2) is 0 Å². The fraction of sp³-hybridized carbons (Fsp3) is 0.755. The predicted molar refractivity (Wildman–Crippen MR) is 251 cm³/mol. The Labute approximate surface area is 364 Å². The molecule has 1 unspecified atom stereocenters. The van der Waals surface area contributed by atoms with Crippen molar-refractivity contribution < 1.29 is 28.6 Å². The van der Waals surface area contributed by atoms with Crippen LogP contribution in [0.1, 0.15) is 239 Å². The molecule has 0 spiro atoms. The van der Waals surface area contributed by atoms with E-state index < -0.39 is 6.10 Å². The minimum atomic E-state index is -0.803. The Morgan fingerprint density at radius 2 is 0.644 bits per heavy atom. The van der Waals surface area contributed by atoms with Gasteiger partial charge in [-0.1, -0.05) is 184 Å². The van der Waals surface area contributed by atoms with Crippen LogP contribution in [0.15, 0.2) is 60.8 Å². The Balaban J connectivity index is 4.47. The lowest BCUT2D eigenvalue weighted by Gasteiger charge is -2.18. The van der Waals surface area contributed by atoms with Gasteiger partial charge < -0.3 is 14.2 Å². The number of carbonyl (C=O) groups excluding carboxylic acids is 3. The van der Waals surface area contributed by atoms with Crippen molar-refractivity contribution in [1.29, 1.82) is 0 Å². The molecule has 6 heteroatoms. The predicted octanol–water partition coefficient (Wildman–Crippen LogP) is 16.1. The minimum absolute atomic E-state index is 0.100. The van der Waals surface area contributed by atoms with Crippen molar-refractivity contribution in [3.8, 4) is 0 Å². The van der Waals surface area contributed by atoms with Gasteiger partial charge in [-0.3, -0.25) is 14.4 Å². The molecule has 6 nitrogen and oxygen atoms in total. The number of carbonyl (C=O) groups is 3. The molecule has 0 bridgehead atoms. The molecule has 0 saturated heterocycles. The van der Waals surface area contributed by atoms with Gasteiger partial charge in [0.1, 0.15) is 13.2 Å². The highest BCUT2D eigenvalue weighted by Crippen LogP contribution is 2.13. The van der Waals surface area contributed by atoms with Crippen LogP contribution in [0.2, 0.25) is 0 Å². The Kier molecular flexibility index (Phi) is 45.4. The van der Waals surface area contributed by atoms with Crippen molar-refractivity contribution in [3.05, 3.63) is 60.8 Å². The summed E-state index contributed by atoms with van der Waals surface area (Å²) in [5, 5.41) is 0. The van der Waals surface area contributed by atoms with Crippen LogP contribution in [-0.2, 0) is 28.6 Å². The van der Waals surface area contributed by atoms with Crippen molar-refractivity contribution in [3.63, 3.8) is 0 Å². The maximum absolute atomic E-state index is 12.7. The van der Waals surface area contributed by atoms with Gasteiger partial charge in [-0.2, -0.15) is 0 Å². The van der Waals surface area contributed by atoms with E-state index in [1.165, 1.54) is 109 Å². The summed E-state index contributed by atoms with van der Waals surface area (Å²) in [4.78, 5) is 37.8. The van der Waals surface area contributed by atoms with Gasteiger partial charge in [0.05, 0.1) is 0 Å². The molecule has 0 radical (unpaired) electrons. The molecule has 0 amide bonds. The molecule has 0 heterocycles. The van der Waals surface area contributed by atoms with E-state index in [9.17, 15) is 14.4 Å². The molecule has 0 rings (SSSR count). The zero-order chi connectivity index (χ0) is 43.0. The first-order valence-corrected chi connectivity index (χ1v) is 24.8. The van der Waals surface area contributed by atoms with Crippen molar-refractivity contribution in [2.75, 3.05) is 13.2 Å². The summed E-state index contributed by atoms with van der Waals surface area (Å²) in [5.74, 6) is -0.980. The molecule has 0 saturated carbocycles. The van der Waals surface area contributed by atoms with E-state index in [1.54, 1.807) is 0 Å². The maximum Gasteiger partial charge on any atom is 0.306 e. The van der Waals surface area contributed by atoms with Crippen LogP contribution in [0.4, 0.5) is 0 Å². The third-order valence-electron chi connectivity index (χ3n) is 10.5. The summed E-state index contributed by atoms with van der Waals surface area (Å²) in [7, 11) is 0. The average Bonchev–Trinajstić information content (AvgIpc) is 3.23. The third-order valence-corrected chi connectivity index (χ3v) is 10.5. The van der Waals surface area contributed by atoms with E-state index in [-0.39, 0.29) is 37.5 Å². The molecule has 0 N–H and O–H groups in total. The summed E-state index contributed by atoms with van der Waals surface area (Å²) in [5.41, 5.74) is 0. The van der Waals surface area contributed by atoms with Gasteiger partial charge in [0.25, 0.3) is 0 Å². The Morgan fingerprint density at radius 1 is 0.339 bits per heavy atom. The van der Waals surface area contributed by atoms with E-state index >= 15 is 0 Å². The summed E-state index contributed by atoms with van der Waals surface area (Å²) < 4.78 is 16.7. The molecule has 0 aromatic heterocycles. The van der Waals surface area contributed by atoms with Crippen LogP contribution in [0, 0.1) is 0 Å². The number of unbranched alkanes of at least 4 members (excludes halogenated alkanes) is 23. The molecule has 0 fully saturated rings. The van der Waals surface area contributed by atoms with Gasteiger partial charge in [-0.15, -0.1) is 0 Å². The topological polar surface area (TPSA) is 78.9 Å². The SMILES string of the molecule is CCCC/C=C\CCCCCCCC(=O)OCC(COC(=O)CCC/C=C\C/C=C\C/C=C\CCCCCCCC)OC(=O)CCCCC/C=C\CCCCCCCC. The van der Waals surface area contributed by atoms with Crippen molar-refractivity contribution in [1.82, 2.24) is 0 Å². The van der Waals surface area contributed by atoms with Gasteiger partial charge in [0.15, 0.2) is 6.10 Å². The van der Waals surface area contributed by atoms with Crippen LogP contribution >= 0.6 is 0 Å². The number of ether oxygens (including phenoxy) is 3. The number of allylic oxidation sites excluding steroid dienone is 10. The highest BCUT2D eigenvalue weighted by molar-refractivity contribution is 5.71. The molecule has 0 aromatic rings. The van der Waals surface area contributed by atoms with Crippen LogP contribution in [0.3, 0.4) is 0 Å². The Bertz CT molecular complexity index is 1090. The standard InChI is InChI=1S/C53H92O6/c1-4-7-10-13-16-19-22-24-25-26-27-29-31-34-37-40-43-46-52(55)58-49-50(48-57-51(54)45-42-39-36-33-30-21-18-15-12-9-6-3)59-53(56)47-44-41-38-35-32-28-23-20-17-14-11-8-5-2/h15,18,24-25,27-29,32,34,37,50H,4-14,16-17,19-23,26,30-31,33,35-36,38-49H2,1-3H3/b18-15-,25-24-,29-27-,32-28-,37-34-. The average molecular weight is 825 g/mol. The molecule has 0 aliphatic heterocycles. The lowest BCUT2D eigenvalue weighted by atomic mass is 10.1. The summed E-state index contributed by atoms with van der Waals surface area (Å²) in [6.07, 6.45) is 57.8. The van der Waals surface area contributed by atoms with Gasteiger partial charge >= 0.3 is 17.9 Å². The highest BCUT2D eigenvalue weighted by Gasteiger charge is 2.19. The number of esters is 3. The summed E-state index contributed by atoms with van der Waals surface area (Å²) in [6.45, 7) is 6.51. The smallest absolute Gasteiger partial charge is 0.306 e. The van der Waals surface area contributed by atoms with Crippen LogP contribution in [0.5, 0.6) is 0 Å². The monoisotopic (exact) mass is 825 g/mol. The first-order chi connectivity index (χ1) is 29.0. The molecule has 0 aromatic carbocycles. The number of hydrogen-bond donors (Lipinski definition) is 0. The van der Waals surface area contributed by atoms with Gasteiger partial charge in [0.2, 0.25) is 0 Å². The molecule has 340 valence electrons. The van der Waals surface area contributed by atoms with Crippen molar-refractivity contribution in [2.45, 2.75) is 245 Å². The fourth-order valence-electron chi connectivity index (χ4n) is 6.67. The Morgan fingerprint density at radius 3 is 1.10 bits per heavy atom. The molecular formula is C53H92O6. The maximum atomic E-state index is 12.7. The first kappa shape index (κ1) is 56.1. The zero-order valence-corrected chi connectivity index (χ0v) is 38.8. The summed E-state index contributed by atoms with van der Waals surface area (Å²) in [6, 6.07) is 0. The normalized spacial score (nSPS) is 12.5. The molecule has 59 heavy (non-hydrogen) atoms. The lowest BCUT2D eigenvalue weighted by Crippen LogP contribution is -2.30. The highest BCUT2D eigenvalue weighted by atomic mass is 16.6.